The Morgan fingerprint density at radius 2 is 1.69 bits per heavy atom. The Bertz CT molecular complexity index is 1860. The number of imide groups is 1. The largest absolute Gasteiger partial charge is 0.379 e. The van der Waals surface area contributed by atoms with Gasteiger partial charge >= 0.3 is 0 Å². The number of carbonyl (C=O) groups is 3. The quantitative estimate of drug-likeness (QED) is 0.371. The summed E-state index contributed by atoms with van der Waals surface area (Å²) in [4.78, 5) is 60.5. The van der Waals surface area contributed by atoms with Gasteiger partial charge in [-0.05, 0) is 81.5 Å². The van der Waals surface area contributed by atoms with Crippen LogP contribution < -0.4 is 21.1 Å². The van der Waals surface area contributed by atoms with Crippen LogP contribution >= 0.6 is 0 Å². The molecule has 0 aliphatic carbocycles. The summed E-state index contributed by atoms with van der Waals surface area (Å²) >= 11 is 0. The van der Waals surface area contributed by atoms with E-state index in [-0.39, 0.29) is 47.4 Å². The molecule has 4 fully saturated rings. The summed E-state index contributed by atoms with van der Waals surface area (Å²) in [7, 11) is 3.77. The van der Waals surface area contributed by atoms with Crippen molar-refractivity contribution >= 4 is 29.1 Å². The average molecular weight is 699 g/mol. The third-order valence-electron chi connectivity index (χ3n) is 11.7. The van der Waals surface area contributed by atoms with Crippen molar-refractivity contribution in [2.75, 3.05) is 56.5 Å². The van der Waals surface area contributed by atoms with E-state index >= 15 is 4.39 Å². The Labute approximate surface area is 297 Å². The maximum absolute atomic E-state index is 15.1. The molecule has 0 radical (unpaired) electrons. The van der Waals surface area contributed by atoms with E-state index in [1.165, 1.54) is 16.3 Å². The predicted octanol–water partition coefficient (Wildman–Crippen LogP) is 3.57. The van der Waals surface area contributed by atoms with Crippen LogP contribution in [0, 0.1) is 18.2 Å². The first-order valence-electron chi connectivity index (χ1n) is 18.1. The summed E-state index contributed by atoms with van der Waals surface area (Å²) in [6, 6.07) is 9.74. The molecule has 12 nitrogen and oxygen atoms in total. The van der Waals surface area contributed by atoms with Gasteiger partial charge in [-0.1, -0.05) is 12.1 Å². The van der Waals surface area contributed by atoms with Crippen molar-refractivity contribution in [3.8, 4) is 0 Å². The van der Waals surface area contributed by atoms with Crippen LogP contribution in [0.1, 0.15) is 84.0 Å². The third-order valence-corrected chi connectivity index (χ3v) is 11.7. The van der Waals surface area contributed by atoms with Crippen molar-refractivity contribution in [1.29, 1.82) is 0 Å². The number of aryl methyl sites for hydroxylation is 1. The number of aromatic nitrogens is 3. The van der Waals surface area contributed by atoms with Gasteiger partial charge in [0, 0.05) is 76.0 Å². The summed E-state index contributed by atoms with van der Waals surface area (Å²) in [5.41, 5.74) is 4.22. The van der Waals surface area contributed by atoms with E-state index in [1.807, 2.05) is 24.0 Å². The Balaban J connectivity index is 0.911. The number of hydrogen-bond donors (Lipinski definition) is 2. The summed E-state index contributed by atoms with van der Waals surface area (Å²) in [6.07, 6.45) is 8.53. The van der Waals surface area contributed by atoms with Gasteiger partial charge < -0.3 is 20.0 Å². The molecule has 13 heteroatoms. The zero-order valence-electron chi connectivity index (χ0n) is 29.7. The normalized spacial score (nSPS) is 24.0. The molecule has 51 heavy (non-hydrogen) atoms. The molecule has 6 heterocycles. The van der Waals surface area contributed by atoms with E-state index in [0.717, 1.165) is 77.1 Å². The van der Waals surface area contributed by atoms with Gasteiger partial charge in [0.15, 0.2) is 0 Å². The Kier molecular flexibility index (Phi) is 9.66. The number of likely N-dealkylation sites (N-methyl/N-ethyl adjacent to an activating group) is 1. The molecule has 2 aromatic heterocycles. The lowest BCUT2D eigenvalue weighted by Crippen LogP contribution is -2.48. The monoisotopic (exact) mass is 698 g/mol. The highest BCUT2D eigenvalue weighted by molar-refractivity contribution is 6.00. The lowest BCUT2D eigenvalue weighted by atomic mass is 9.71. The molecule has 1 unspecified atom stereocenters. The molecule has 4 saturated heterocycles. The van der Waals surface area contributed by atoms with Crippen molar-refractivity contribution in [2.45, 2.75) is 69.7 Å². The molecule has 3 atom stereocenters. The second kappa shape index (κ2) is 14.2. The minimum absolute atomic E-state index is 0.0698. The molecule has 1 spiro atoms. The maximum atomic E-state index is 15.1. The van der Waals surface area contributed by atoms with Gasteiger partial charge in [-0.15, -0.1) is 0 Å². The lowest BCUT2D eigenvalue weighted by Gasteiger charge is -2.47. The first kappa shape index (κ1) is 34.8. The van der Waals surface area contributed by atoms with Crippen LogP contribution in [0.2, 0.25) is 0 Å². The Hall–Kier alpha value is -4.65. The van der Waals surface area contributed by atoms with Crippen LogP contribution in [-0.2, 0) is 16.6 Å². The van der Waals surface area contributed by atoms with Crippen LogP contribution in [0.15, 0.2) is 47.5 Å². The minimum Gasteiger partial charge on any atom is -0.379 e. The van der Waals surface area contributed by atoms with Crippen molar-refractivity contribution in [3.63, 3.8) is 0 Å². The van der Waals surface area contributed by atoms with Gasteiger partial charge in [-0.2, -0.15) is 5.10 Å². The molecule has 4 aliphatic rings. The van der Waals surface area contributed by atoms with E-state index in [2.05, 4.69) is 49.7 Å². The van der Waals surface area contributed by atoms with Gasteiger partial charge in [-0.3, -0.25) is 29.5 Å². The molecule has 7 rings (SSSR count). The zero-order valence-corrected chi connectivity index (χ0v) is 29.7. The molecule has 0 saturated carbocycles. The highest BCUT2D eigenvalue weighted by Gasteiger charge is 2.39. The van der Waals surface area contributed by atoms with Crippen LogP contribution in [0.5, 0.6) is 0 Å². The number of piperidine rings is 4. The Morgan fingerprint density at radius 3 is 2.37 bits per heavy atom. The van der Waals surface area contributed by atoms with Gasteiger partial charge in [0.2, 0.25) is 11.8 Å². The summed E-state index contributed by atoms with van der Waals surface area (Å²) in [6.45, 7) is 6.61. The molecule has 3 amide bonds. The Morgan fingerprint density at radius 1 is 0.980 bits per heavy atom. The first-order chi connectivity index (χ1) is 24.5. The number of nitrogens with one attached hydrogen (secondary N) is 2. The highest BCUT2D eigenvalue weighted by atomic mass is 19.1. The van der Waals surface area contributed by atoms with E-state index in [1.54, 1.807) is 19.4 Å². The van der Waals surface area contributed by atoms with Crippen LogP contribution in [0.25, 0.3) is 0 Å². The van der Waals surface area contributed by atoms with Crippen LogP contribution in [-0.4, -0.2) is 94.6 Å². The first-order valence-corrected chi connectivity index (χ1v) is 18.1. The fourth-order valence-corrected chi connectivity index (χ4v) is 8.51. The molecule has 270 valence electrons. The summed E-state index contributed by atoms with van der Waals surface area (Å²) in [5, 5.41) is 10.0. The molecule has 1 aromatic carbocycles. The van der Waals surface area contributed by atoms with Crippen molar-refractivity contribution in [2.24, 2.45) is 12.5 Å². The average Bonchev–Trinajstić information content (AvgIpc) is 3.12. The topological polar surface area (TPSA) is 133 Å². The second-order valence-corrected chi connectivity index (χ2v) is 15.1. The van der Waals surface area contributed by atoms with Gasteiger partial charge in [0.1, 0.15) is 5.82 Å². The van der Waals surface area contributed by atoms with Gasteiger partial charge in [0.25, 0.3) is 11.5 Å². The zero-order chi connectivity index (χ0) is 35.9. The van der Waals surface area contributed by atoms with Crippen LogP contribution in [0.3, 0.4) is 0 Å². The second-order valence-electron chi connectivity index (χ2n) is 15.1. The molecular weight excluding hydrogens is 651 g/mol. The van der Waals surface area contributed by atoms with E-state index in [0.29, 0.717) is 22.7 Å². The SMILES string of the molecule is Cc1c(N[C@@H]2C[C@H](c3ccc(C(=O)N4CCC5(CC4)CCN(c4cnc(C6CCC(=O)NC6=O)c(F)c4)CC5)cc3)CN(C)C2)cnn(C)c1=O. The molecule has 3 aromatic rings. The number of rotatable bonds is 6. The smallest absolute Gasteiger partial charge is 0.271 e. The number of anilines is 2. The third kappa shape index (κ3) is 7.26. The van der Waals surface area contributed by atoms with Crippen molar-refractivity contribution in [1.82, 2.24) is 29.9 Å². The number of carbonyl (C=O) groups excluding carboxylic acids is 3. The maximum Gasteiger partial charge on any atom is 0.271 e. The van der Waals surface area contributed by atoms with Crippen LogP contribution in [0.4, 0.5) is 15.8 Å². The van der Waals surface area contributed by atoms with E-state index < -0.39 is 17.6 Å². The number of benzene rings is 1. The van der Waals surface area contributed by atoms with Gasteiger partial charge in [-0.25, -0.2) is 9.07 Å². The predicted molar refractivity (Wildman–Crippen MR) is 191 cm³/mol. The number of likely N-dealkylation sites (tertiary alicyclic amines) is 2. The molecule has 2 N–H and O–H groups in total. The summed E-state index contributed by atoms with van der Waals surface area (Å²) < 4.78 is 16.5. The standard InChI is InChI=1S/C38H47FN8O4/c1-24-32(21-41-45(3)36(24)50)42-28-18-27(22-44(2)23-28)25-4-6-26(7-5-25)37(51)47-16-12-38(13-17-47)10-14-46(15-11-38)29-19-31(39)34(40-20-29)30-8-9-33(48)43-35(30)49/h4-7,19-21,27-28,30,42H,8-18,22-23H2,1-3H3,(H,43,48,49)/t27-,28+,30?/m0/s1. The number of hydrogen-bond acceptors (Lipinski definition) is 9. The van der Waals surface area contributed by atoms with Crippen molar-refractivity contribution in [3.05, 3.63) is 81.3 Å². The number of amides is 3. The van der Waals surface area contributed by atoms with Crippen molar-refractivity contribution < 1.29 is 18.8 Å². The fourth-order valence-electron chi connectivity index (χ4n) is 8.51. The number of halogens is 1. The number of pyridine rings is 1. The molecule has 4 aliphatic heterocycles. The van der Waals surface area contributed by atoms with Gasteiger partial charge in [0.05, 0.1) is 35.4 Å². The summed E-state index contributed by atoms with van der Waals surface area (Å²) in [5.74, 6) is -1.72. The number of nitrogens with zero attached hydrogens (tertiary/aromatic N) is 6. The van der Waals surface area contributed by atoms with E-state index in [4.69, 9.17) is 0 Å². The highest BCUT2D eigenvalue weighted by Crippen LogP contribution is 2.42. The minimum atomic E-state index is -0.746. The fraction of sp³-hybridized carbons (Fsp3) is 0.526. The lowest BCUT2D eigenvalue weighted by molar-refractivity contribution is -0.134. The van der Waals surface area contributed by atoms with E-state index in [9.17, 15) is 19.2 Å². The molecular formula is C38H47FN8O4. The molecule has 0 bridgehead atoms.